The summed E-state index contributed by atoms with van der Waals surface area (Å²) in [4.78, 5) is 114. The number of ether oxygens (including phenoxy) is 1. The first kappa shape index (κ1) is 75.0. The first-order valence-corrected chi connectivity index (χ1v) is 44.1. The summed E-state index contributed by atoms with van der Waals surface area (Å²) in [6.07, 6.45) is 0.273. The zero-order chi connectivity index (χ0) is 59.8. The van der Waals surface area contributed by atoms with Gasteiger partial charge < -0.3 is 84.0 Å². The molecule has 0 aliphatic carbocycles. The van der Waals surface area contributed by atoms with E-state index < -0.39 is 180 Å². The second kappa shape index (κ2) is 35.8. The molecule has 0 bridgehead atoms. The number of carbonyl (C=O) groups excluding carboxylic acids is 2. The van der Waals surface area contributed by atoms with Crippen LogP contribution in [0.5, 0.6) is 0 Å². The van der Waals surface area contributed by atoms with Crippen LogP contribution in [0.25, 0.3) is 0 Å². The van der Waals surface area contributed by atoms with Crippen LogP contribution in [0.4, 0.5) is 0 Å². The molecule has 36 heteroatoms. The lowest BCUT2D eigenvalue weighted by molar-refractivity contribution is -0.153. The molecule has 10 N–H and O–H groups in total. The molecule has 0 amide bonds. The van der Waals surface area contributed by atoms with E-state index in [4.69, 9.17) is 32.9 Å². The van der Waals surface area contributed by atoms with Gasteiger partial charge in [-0.3, -0.25) is 47.9 Å². The highest BCUT2D eigenvalue weighted by atomic mass is 28.5. The number of carbonyl (C=O) groups is 10. The Labute approximate surface area is 469 Å². The van der Waals surface area contributed by atoms with Gasteiger partial charge in [-0.15, -0.1) is 6.58 Å². The van der Waals surface area contributed by atoms with Crippen molar-refractivity contribution in [2.75, 3.05) is 0 Å². The fourth-order valence-electron chi connectivity index (χ4n) is 9.20. The molecule has 3 heterocycles. The fraction of sp³-hybridized carbons (Fsp3) is 0.721. The highest BCUT2D eigenvalue weighted by Crippen LogP contribution is 2.40. The van der Waals surface area contributed by atoms with Crippen LogP contribution < -0.4 is 0 Å². The van der Waals surface area contributed by atoms with Gasteiger partial charge in [0.15, 0.2) is 0 Å². The highest BCUT2D eigenvalue weighted by Gasteiger charge is 2.56. The van der Waals surface area contributed by atoms with E-state index in [0.717, 1.165) is 0 Å². The van der Waals surface area contributed by atoms with Crippen LogP contribution in [0.3, 0.4) is 0 Å². The molecule has 28 nitrogen and oxygen atoms in total. The molecule has 0 aromatic rings. The van der Waals surface area contributed by atoms with Crippen molar-refractivity contribution in [3.05, 3.63) is 12.7 Å². The number of carboxylic acids is 8. The van der Waals surface area contributed by atoms with Gasteiger partial charge in [0, 0.05) is 0 Å². The van der Waals surface area contributed by atoms with Gasteiger partial charge in [0.1, 0.15) is 0 Å². The van der Waals surface area contributed by atoms with Gasteiger partial charge in [-0.1, -0.05) is 31.8 Å². The molecule has 5 unspecified atom stereocenters. The van der Waals surface area contributed by atoms with Gasteiger partial charge >= 0.3 is 93.9 Å². The monoisotopic (exact) mass is 1270 g/mol. The summed E-state index contributed by atoms with van der Waals surface area (Å²) in [6.45, 7) is 18.4. The average Bonchev–Trinajstić information content (AvgIpc) is 3.58. The van der Waals surface area contributed by atoms with Crippen molar-refractivity contribution in [2.24, 2.45) is 29.6 Å². The standard InChI is InChI=1S/C32H56O20Si4.C7H8O3.C4H16O4Si4.H2O/c1-53(13-5-9-21(29(41)42)17-25(33)34)49-54(2,14-6-10-22(30(43)44)18-26(35)36)51-56(4,16-8-12-24(32(47)48)20-28(39)40)52-55(3,50-53)15-7-11-23(31(45)46)19-27(37)38;1-2-3-5-4-6(8)10-7(5)9;1-9-5-10(2)7-12(4)8-11(3)6-9;/h21-24H,5-20H2,1-4H3,(H,33,34)(H,35,36)(H,37,38)(H,39,40)(H,41,42)(H,43,44)(H,45,46)(H,47,48);2,5H,1,3-4H2;9-12H,1-4H3;1H2. The largest absolute Gasteiger partial charge is 0.481 e. The highest BCUT2D eigenvalue weighted by molar-refractivity contribution is 6.94. The van der Waals surface area contributed by atoms with Crippen molar-refractivity contribution in [3.63, 3.8) is 0 Å². The average molecular weight is 1270 g/mol. The Morgan fingerprint density at radius 2 is 0.722 bits per heavy atom. The molecule has 3 fully saturated rings. The van der Waals surface area contributed by atoms with E-state index in [0.29, 0.717) is 6.42 Å². The van der Waals surface area contributed by atoms with Gasteiger partial charge in [0.2, 0.25) is 0 Å². The maximum Gasteiger partial charge on any atom is 0.317 e. The van der Waals surface area contributed by atoms with Crippen LogP contribution in [0.15, 0.2) is 12.7 Å². The predicted octanol–water partition coefficient (Wildman–Crippen LogP) is 3.47. The van der Waals surface area contributed by atoms with E-state index in [2.05, 4.69) is 11.3 Å². The molecule has 3 rings (SSSR count). The van der Waals surface area contributed by atoms with Crippen molar-refractivity contribution in [2.45, 2.75) is 166 Å². The first-order chi connectivity index (χ1) is 36.0. The van der Waals surface area contributed by atoms with E-state index in [1.807, 2.05) is 26.2 Å². The normalized spacial score (nSPS) is 28.4. The van der Waals surface area contributed by atoms with Crippen molar-refractivity contribution in [3.8, 4) is 0 Å². The molecule has 454 valence electrons. The third kappa shape index (κ3) is 31.1. The maximum absolute atomic E-state index is 11.8. The summed E-state index contributed by atoms with van der Waals surface area (Å²) in [5.74, 6) is -16.4. The van der Waals surface area contributed by atoms with Crippen molar-refractivity contribution in [1.82, 2.24) is 0 Å². The number of carboxylic acid groups (broad SMARTS) is 8. The number of hydrogen-bond acceptors (Lipinski definition) is 19. The third-order valence-electron chi connectivity index (χ3n) is 12.5. The molecule has 0 spiro atoms. The second-order valence-corrected chi connectivity index (χ2v) is 43.3. The summed E-state index contributed by atoms with van der Waals surface area (Å²) in [5.41, 5.74) is 0. The topological polar surface area (TPSA) is 447 Å². The minimum atomic E-state index is -3.54. The van der Waals surface area contributed by atoms with Crippen LogP contribution in [-0.4, -0.2) is 177 Å². The minimum Gasteiger partial charge on any atom is -0.481 e. The summed E-state index contributed by atoms with van der Waals surface area (Å²) >= 11 is 0. The van der Waals surface area contributed by atoms with Crippen molar-refractivity contribution < 1.29 is 132 Å². The summed E-state index contributed by atoms with van der Waals surface area (Å²) < 4.78 is 54.5. The van der Waals surface area contributed by atoms with Crippen LogP contribution in [0.1, 0.15) is 89.9 Å². The second-order valence-electron chi connectivity index (χ2n) is 20.1. The zero-order valence-electron chi connectivity index (χ0n) is 46.0. The molecule has 79 heavy (non-hydrogen) atoms. The number of rotatable bonds is 30. The smallest absolute Gasteiger partial charge is 0.317 e. The predicted molar refractivity (Wildman–Crippen MR) is 295 cm³/mol. The number of aliphatic carboxylic acids is 8. The molecular formula is C43H82O28Si8. The molecule has 3 saturated heterocycles. The molecule has 5 atom stereocenters. The molecule has 3 aliphatic heterocycles. The Morgan fingerprint density at radius 1 is 0.494 bits per heavy atom. The van der Waals surface area contributed by atoms with Crippen molar-refractivity contribution in [1.29, 1.82) is 0 Å². The number of esters is 2. The molecule has 0 aromatic carbocycles. The molecule has 0 saturated carbocycles. The Bertz CT molecular complexity index is 1810. The van der Waals surface area contributed by atoms with E-state index in [9.17, 15) is 88.8 Å². The lowest BCUT2D eigenvalue weighted by atomic mass is 10.0. The molecule has 0 aromatic heterocycles. The Morgan fingerprint density at radius 3 is 0.886 bits per heavy atom. The Balaban J connectivity index is 0.00000215. The van der Waals surface area contributed by atoms with Crippen molar-refractivity contribution >= 4 is 131 Å². The minimum absolute atomic E-state index is 0. The van der Waals surface area contributed by atoms with Gasteiger partial charge in [0.05, 0.1) is 61.7 Å². The van der Waals surface area contributed by atoms with Crippen LogP contribution >= 0.6 is 0 Å². The molecule has 3 aliphatic rings. The molecule has 0 radical (unpaired) electrons. The lowest BCUT2D eigenvalue weighted by Gasteiger charge is -2.50. The lowest BCUT2D eigenvalue weighted by Crippen LogP contribution is -2.67. The number of hydrogen-bond donors (Lipinski definition) is 8. The first-order valence-electron chi connectivity index (χ1n) is 25.6. The number of allylic oxidation sites excluding steroid dienone is 1. The quantitative estimate of drug-likeness (QED) is 0.0221. The Hall–Kier alpha value is -3.98. The SMILES string of the molecule is C=CCC1CC(=O)OC1=O.C[SiH]1O[SiH](C)O[SiH](C)O[SiH](C)O1.C[Si]1(CCCC(CC(=O)O)C(=O)O)O[Si](C)(CCCC(CC(=O)O)C(=O)O)O[Si](C)(CCCC(CC(=O)O)C(=O)O)O[Si](C)(CCCC(CC(=O)O)C(=O)O)O1.O. The Kier molecular flexibility index (Phi) is 34.0. The van der Waals surface area contributed by atoms with E-state index in [1.54, 1.807) is 32.3 Å². The van der Waals surface area contributed by atoms with Gasteiger partial charge in [0.25, 0.3) is 37.1 Å². The van der Waals surface area contributed by atoms with E-state index in [1.165, 1.54) is 0 Å². The van der Waals surface area contributed by atoms with E-state index >= 15 is 0 Å². The van der Waals surface area contributed by atoms with Gasteiger partial charge in [-0.05, 0) is 109 Å². The fourth-order valence-corrected chi connectivity index (χ4v) is 44.6. The third-order valence-corrected chi connectivity index (χ3v) is 43.6. The summed E-state index contributed by atoms with van der Waals surface area (Å²) in [6, 6.07) is 0.538. The number of cyclic esters (lactones) is 2. The van der Waals surface area contributed by atoms with Crippen LogP contribution in [-0.2, 0) is 85.6 Å². The summed E-state index contributed by atoms with van der Waals surface area (Å²) in [5, 5.41) is 75.4. The molecular weight excluding hydrogens is 1190 g/mol. The van der Waals surface area contributed by atoms with Crippen LogP contribution in [0, 0.1) is 29.6 Å². The van der Waals surface area contributed by atoms with Gasteiger partial charge in [-0.25, -0.2) is 0 Å². The summed E-state index contributed by atoms with van der Waals surface area (Å²) in [7, 11) is -19.8. The van der Waals surface area contributed by atoms with Crippen LogP contribution in [0.2, 0.25) is 76.6 Å². The van der Waals surface area contributed by atoms with E-state index in [-0.39, 0.29) is 93.4 Å². The van der Waals surface area contributed by atoms with Gasteiger partial charge in [-0.2, -0.15) is 0 Å². The maximum atomic E-state index is 11.8. The zero-order valence-corrected chi connectivity index (χ0v) is 54.7.